The Morgan fingerprint density at radius 1 is 1.53 bits per heavy atom. The van der Waals surface area contributed by atoms with E-state index in [-0.39, 0.29) is 24.5 Å². The lowest BCUT2D eigenvalue weighted by molar-refractivity contribution is -0.0207. The van der Waals surface area contributed by atoms with Crippen LogP contribution >= 0.6 is 0 Å². The summed E-state index contributed by atoms with van der Waals surface area (Å²) in [7, 11) is 0. The molecule has 2 aromatic rings. The molecule has 0 bridgehead atoms. The minimum atomic E-state index is -0.259. The SMILES string of the molecule is O=c1[nH]cnc2c1ncn2[C@H]1CC[C@H](CO)O1. The van der Waals surface area contributed by atoms with E-state index in [1.54, 1.807) is 10.9 Å². The molecule has 7 heteroatoms. The molecule has 2 atom stereocenters. The zero-order chi connectivity index (χ0) is 11.8. The second kappa shape index (κ2) is 3.94. The number of H-pyrrole nitrogens is 1. The Balaban J connectivity index is 2.02. The van der Waals surface area contributed by atoms with Gasteiger partial charge in [-0.15, -0.1) is 0 Å². The van der Waals surface area contributed by atoms with Crippen LogP contribution < -0.4 is 5.56 Å². The number of ether oxygens (including phenoxy) is 1. The van der Waals surface area contributed by atoms with E-state index >= 15 is 0 Å². The van der Waals surface area contributed by atoms with Crippen molar-refractivity contribution in [3.63, 3.8) is 0 Å². The molecule has 0 unspecified atom stereocenters. The van der Waals surface area contributed by atoms with E-state index in [4.69, 9.17) is 9.84 Å². The van der Waals surface area contributed by atoms with Crippen LogP contribution in [0.4, 0.5) is 0 Å². The zero-order valence-corrected chi connectivity index (χ0v) is 9.04. The van der Waals surface area contributed by atoms with Crippen LogP contribution in [-0.4, -0.2) is 37.3 Å². The molecule has 90 valence electrons. The van der Waals surface area contributed by atoms with E-state index in [1.165, 1.54) is 6.33 Å². The Kier molecular flexibility index (Phi) is 2.41. The summed E-state index contributed by atoms with van der Waals surface area (Å²) in [5.41, 5.74) is 0.561. The number of fused-ring (bicyclic) bond motifs is 1. The first-order chi connectivity index (χ1) is 8.29. The molecule has 2 aromatic heterocycles. The topological polar surface area (TPSA) is 93.0 Å². The Morgan fingerprint density at radius 3 is 3.18 bits per heavy atom. The van der Waals surface area contributed by atoms with Gasteiger partial charge in [0.25, 0.3) is 5.56 Å². The quantitative estimate of drug-likeness (QED) is 0.752. The summed E-state index contributed by atoms with van der Waals surface area (Å²) < 4.78 is 7.36. The molecule has 0 spiro atoms. The van der Waals surface area contributed by atoms with Crippen molar-refractivity contribution in [3.8, 4) is 0 Å². The number of nitrogens with zero attached hydrogens (tertiary/aromatic N) is 3. The van der Waals surface area contributed by atoms with E-state index in [0.717, 1.165) is 12.8 Å². The minimum absolute atomic E-state index is 0.0111. The van der Waals surface area contributed by atoms with Crippen molar-refractivity contribution in [2.45, 2.75) is 25.2 Å². The summed E-state index contributed by atoms with van der Waals surface area (Å²) in [6.07, 6.45) is 4.14. The van der Waals surface area contributed by atoms with Gasteiger partial charge in [-0.1, -0.05) is 0 Å². The van der Waals surface area contributed by atoms with Gasteiger partial charge in [0.05, 0.1) is 25.4 Å². The highest BCUT2D eigenvalue weighted by molar-refractivity contribution is 5.68. The first kappa shape index (κ1) is 10.4. The molecule has 3 heterocycles. The van der Waals surface area contributed by atoms with Crippen LogP contribution in [0.3, 0.4) is 0 Å². The predicted molar refractivity (Wildman–Crippen MR) is 58.4 cm³/mol. The standard InChI is InChI=1S/C10H12N4O3/c15-3-6-1-2-7(17-6)14-5-13-8-9(14)11-4-12-10(8)16/h4-7,15H,1-3H2,(H,11,12,16)/t6-,7-/m1/s1. The number of hydrogen-bond donors (Lipinski definition) is 2. The van der Waals surface area contributed by atoms with Gasteiger partial charge < -0.3 is 14.8 Å². The largest absolute Gasteiger partial charge is 0.394 e. The smallest absolute Gasteiger partial charge is 0.278 e. The van der Waals surface area contributed by atoms with Gasteiger partial charge in [-0.05, 0) is 12.8 Å². The van der Waals surface area contributed by atoms with Crippen LogP contribution in [0.15, 0.2) is 17.4 Å². The van der Waals surface area contributed by atoms with Crippen molar-refractivity contribution in [1.82, 2.24) is 19.5 Å². The zero-order valence-electron chi connectivity index (χ0n) is 9.04. The molecule has 2 N–H and O–H groups in total. The van der Waals surface area contributed by atoms with Crippen LogP contribution in [0.2, 0.25) is 0 Å². The van der Waals surface area contributed by atoms with Crippen LogP contribution in [0.25, 0.3) is 11.2 Å². The average molecular weight is 236 g/mol. The second-order valence-electron chi connectivity index (χ2n) is 4.03. The van der Waals surface area contributed by atoms with Crippen molar-refractivity contribution in [2.75, 3.05) is 6.61 Å². The van der Waals surface area contributed by atoms with E-state index in [9.17, 15) is 4.79 Å². The van der Waals surface area contributed by atoms with Gasteiger partial charge in [0.1, 0.15) is 6.23 Å². The average Bonchev–Trinajstić information content (AvgIpc) is 2.94. The lowest BCUT2D eigenvalue weighted by Crippen LogP contribution is -2.14. The molecule has 17 heavy (non-hydrogen) atoms. The molecule has 1 fully saturated rings. The van der Waals surface area contributed by atoms with Crippen molar-refractivity contribution < 1.29 is 9.84 Å². The minimum Gasteiger partial charge on any atom is -0.394 e. The van der Waals surface area contributed by atoms with Crippen molar-refractivity contribution in [2.24, 2.45) is 0 Å². The number of aliphatic hydroxyl groups excluding tert-OH is 1. The van der Waals surface area contributed by atoms with Gasteiger partial charge in [-0.2, -0.15) is 0 Å². The summed E-state index contributed by atoms with van der Waals surface area (Å²) in [5.74, 6) is 0. The first-order valence-corrected chi connectivity index (χ1v) is 5.46. The highest BCUT2D eigenvalue weighted by Gasteiger charge is 2.27. The fourth-order valence-corrected chi connectivity index (χ4v) is 2.10. The molecule has 0 aromatic carbocycles. The third-order valence-corrected chi connectivity index (χ3v) is 2.96. The van der Waals surface area contributed by atoms with E-state index in [1.807, 2.05) is 0 Å². The Hall–Kier alpha value is -1.73. The molecule has 1 aliphatic rings. The summed E-state index contributed by atoms with van der Waals surface area (Å²) in [6.45, 7) is 0.0111. The van der Waals surface area contributed by atoms with Crippen molar-refractivity contribution >= 4 is 11.2 Å². The van der Waals surface area contributed by atoms with Crippen LogP contribution in [0, 0.1) is 0 Å². The number of aromatic nitrogens is 4. The van der Waals surface area contributed by atoms with Gasteiger partial charge >= 0.3 is 0 Å². The molecular weight excluding hydrogens is 224 g/mol. The summed E-state index contributed by atoms with van der Waals surface area (Å²) >= 11 is 0. The maximum Gasteiger partial charge on any atom is 0.278 e. The van der Waals surface area contributed by atoms with Gasteiger partial charge in [0.15, 0.2) is 11.2 Å². The van der Waals surface area contributed by atoms with Crippen LogP contribution in [0.5, 0.6) is 0 Å². The Morgan fingerprint density at radius 2 is 2.41 bits per heavy atom. The first-order valence-electron chi connectivity index (χ1n) is 5.46. The second-order valence-corrected chi connectivity index (χ2v) is 4.03. The van der Waals surface area contributed by atoms with Gasteiger partial charge in [-0.3, -0.25) is 9.36 Å². The predicted octanol–water partition coefficient (Wildman–Crippen LogP) is -0.211. The number of aliphatic hydroxyl groups is 1. The molecule has 0 saturated carbocycles. The highest BCUT2D eigenvalue weighted by atomic mass is 16.5. The Labute approximate surface area is 96.1 Å². The molecule has 7 nitrogen and oxygen atoms in total. The number of hydrogen-bond acceptors (Lipinski definition) is 5. The third-order valence-electron chi connectivity index (χ3n) is 2.96. The highest BCUT2D eigenvalue weighted by Crippen LogP contribution is 2.29. The number of nitrogens with one attached hydrogen (secondary N) is 1. The van der Waals surface area contributed by atoms with Crippen molar-refractivity contribution in [3.05, 3.63) is 23.0 Å². The molecule has 0 radical (unpaired) electrons. The fourth-order valence-electron chi connectivity index (χ4n) is 2.10. The lowest BCUT2D eigenvalue weighted by Gasteiger charge is -2.13. The molecule has 1 aliphatic heterocycles. The molecular formula is C10H12N4O3. The monoisotopic (exact) mass is 236 g/mol. The lowest BCUT2D eigenvalue weighted by atomic mass is 10.2. The maximum atomic E-state index is 11.5. The van der Waals surface area contributed by atoms with Crippen LogP contribution in [0.1, 0.15) is 19.1 Å². The fraction of sp³-hybridized carbons (Fsp3) is 0.500. The van der Waals surface area contributed by atoms with Gasteiger partial charge in [0, 0.05) is 0 Å². The third kappa shape index (κ3) is 1.63. The maximum absolute atomic E-state index is 11.5. The molecule has 1 saturated heterocycles. The molecule has 0 amide bonds. The molecule has 3 rings (SSSR count). The van der Waals surface area contributed by atoms with Gasteiger partial charge in [0.2, 0.25) is 0 Å². The summed E-state index contributed by atoms with van der Waals surface area (Å²) in [4.78, 5) is 22.1. The normalized spacial score (nSPS) is 24.5. The number of aromatic amines is 1. The van der Waals surface area contributed by atoms with Crippen LogP contribution in [-0.2, 0) is 4.74 Å². The number of rotatable bonds is 2. The van der Waals surface area contributed by atoms with E-state index < -0.39 is 0 Å². The van der Waals surface area contributed by atoms with Crippen molar-refractivity contribution in [1.29, 1.82) is 0 Å². The van der Waals surface area contributed by atoms with E-state index in [2.05, 4.69) is 15.0 Å². The van der Waals surface area contributed by atoms with Gasteiger partial charge in [-0.25, -0.2) is 9.97 Å². The molecule has 0 aliphatic carbocycles. The Bertz CT molecular complexity index is 590. The summed E-state index contributed by atoms with van der Waals surface area (Å²) in [5, 5.41) is 9.02. The van der Waals surface area contributed by atoms with E-state index in [0.29, 0.717) is 11.2 Å². The number of imidazole rings is 1. The summed E-state index contributed by atoms with van der Waals surface area (Å²) in [6, 6.07) is 0.